The molecule has 0 saturated heterocycles. The second-order valence-corrected chi connectivity index (χ2v) is 13.9. The van der Waals surface area contributed by atoms with Crippen LogP contribution in [-0.4, -0.2) is 24.1 Å². The summed E-state index contributed by atoms with van der Waals surface area (Å²) in [7, 11) is 0. The minimum Gasteiger partial charge on any atom is -0.496 e. The van der Waals surface area contributed by atoms with Crippen LogP contribution >= 0.6 is 69.6 Å². The predicted molar refractivity (Wildman–Crippen MR) is 188 cm³/mol. The van der Waals surface area contributed by atoms with E-state index in [0.29, 0.717) is 59.9 Å². The molecule has 0 radical (unpaired) electrons. The van der Waals surface area contributed by atoms with Crippen molar-refractivity contribution in [1.29, 1.82) is 0 Å². The zero-order valence-corrected chi connectivity index (χ0v) is 29.3. The van der Waals surface area contributed by atoms with Gasteiger partial charge < -0.3 is 18.9 Å². The van der Waals surface area contributed by atoms with Crippen LogP contribution in [0, 0.1) is 5.92 Å². The van der Waals surface area contributed by atoms with E-state index in [1.807, 2.05) is 42.5 Å². The van der Waals surface area contributed by atoms with Crippen molar-refractivity contribution in [3.8, 4) is 5.75 Å². The highest BCUT2D eigenvalue weighted by atomic mass is 35.5. The molecule has 1 fully saturated rings. The number of carbonyl (C=O) groups is 1. The van der Waals surface area contributed by atoms with Gasteiger partial charge in [-0.1, -0.05) is 99.9 Å². The molecule has 1 heterocycles. The first-order valence-electron chi connectivity index (χ1n) is 14.8. The lowest BCUT2D eigenvalue weighted by Crippen LogP contribution is -2.50. The maximum atomic E-state index is 14.1. The van der Waals surface area contributed by atoms with Gasteiger partial charge in [0.15, 0.2) is 5.78 Å². The van der Waals surface area contributed by atoms with E-state index >= 15 is 0 Å². The van der Waals surface area contributed by atoms with E-state index in [4.69, 9.17) is 88.6 Å². The second kappa shape index (κ2) is 15.4. The van der Waals surface area contributed by atoms with Gasteiger partial charge >= 0.3 is 0 Å². The molecule has 4 aromatic rings. The van der Waals surface area contributed by atoms with Gasteiger partial charge in [-0.15, -0.1) is 0 Å². The van der Waals surface area contributed by atoms with Crippen LogP contribution in [0.3, 0.4) is 0 Å². The van der Waals surface area contributed by atoms with Crippen molar-refractivity contribution in [1.82, 2.24) is 0 Å². The average molecular weight is 753 g/mol. The fraction of sp³-hybridized carbons (Fsp3) is 0.250. The molecule has 0 aromatic heterocycles. The number of hydrogen-bond donors (Lipinski definition) is 0. The monoisotopic (exact) mass is 750 g/mol. The lowest BCUT2D eigenvalue weighted by Gasteiger charge is -2.42. The molecule has 244 valence electrons. The molecule has 47 heavy (non-hydrogen) atoms. The minimum absolute atomic E-state index is 0.0609. The number of ketones is 1. The molecule has 2 aliphatic rings. The molecule has 1 aliphatic heterocycles. The Hall–Kier alpha value is -2.45. The SMILES string of the molecule is O=C1C(c2ccc(OCc3ccc(Cl)cc3Cl)cc2)=COC2CC(OCc3ccc(Cl)cc3Cl)CC(OCc3ccc(Cl)cc3Cl)C12. The third kappa shape index (κ3) is 8.41. The third-order valence-electron chi connectivity index (χ3n) is 8.25. The molecule has 4 atom stereocenters. The van der Waals surface area contributed by atoms with Crippen LogP contribution in [0.5, 0.6) is 5.75 Å². The van der Waals surface area contributed by atoms with E-state index in [1.165, 1.54) is 0 Å². The number of rotatable bonds is 10. The number of fused-ring (bicyclic) bond motifs is 1. The Morgan fingerprint density at radius 1 is 0.638 bits per heavy atom. The summed E-state index contributed by atoms with van der Waals surface area (Å²) in [6.45, 7) is 0.741. The van der Waals surface area contributed by atoms with E-state index in [1.54, 1.807) is 42.7 Å². The van der Waals surface area contributed by atoms with Crippen LogP contribution in [0.1, 0.15) is 35.1 Å². The average Bonchev–Trinajstić information content (AvgIpc) is 3.04. The zero-order valence-electron chi connectivity index (χ0n) is 24.7. The number of halogens is 6. The molecule has 0 amide bonds. The first kappa shape index (κ1) is 34.4. The Morgan fingerprint density at radius 3 is 1.72 bits per heavy atom. The Balaban J connectivity index is 1.18. The molecule has 4 unspecified atom stereocenters. The largest absolute Gasteiger partial charge is 0.496 e. The number of carbonyl (C=O) groups excluding carboxylic acids is 1. The fourth-order valence-electron chi connectivity index (χ4n) is 5.75. The maximum absolute atomic E-state index is 14.1. The van der Waals surface area contributed by atoms with Crippen LogP contribution in [-0.2, 0) is 38.8 Å². The van der Waals surface area contributed by atoms with Crippen LogP contribution in [0.4, 0.5) is 0 Å². The molecule has 0 spiro atoms. The summed E-state index contributed by atoms with van der Waals surface area (Å²) in [5, 5.41) is 3.18. The number of benzene rings is 4. The summed E-state index contributed by atoms with van der Waals surface area (Å²) in [5.74, 6) is 0.0132. The summed E-state index contributed by atoms with van der Waals surface area (Å²) in [6.07, 6.45) is 1.32. The number of allylic oxidation sites excluding steroid dienone is 1. The Kier molecular flexibility index (Phi) is 11.3. The normalized spacial score (nSPS) is 20.7. The summed E-state index contributed by atoms with van der Waals surface area (Å²) < 4.78 is 24.9. The number of ether oxygens (including phenoxy) is 4. The molecule has 0 bridgehead atoms. The van der Waals surface area contributed by atoms with Crippen molar-refractivity contribution in [2.45, 2.75) is 51.0 Å². The summed E-state index contributed by atoms with van der Waals surface area (Å²) in [5.41, 5.74) is 3.56. The molecule has 5 nitrogen and oxygen atoms in total. The predicted octanol–water partition coefficient (Wildman–Crippen LogP) is 11.1. The van der Waals surface area contributed by atoms with E-state index in [9.17, 15) is 4.79 Å². The van der Waals surface area contributed by atoms with Gasteiger partial charge in [0.05, 0.1) is 43.2 Å². The van der Waals surface area contributed by atoms with Gasteiger partial charge in [-0.05, 0) is 65.2 Å². The van der Waals surface area contributed by atoms with Crippen molar-refractivity contribution in [3.63, 3.8) is 0 Å². The molecule has 6 rings (SSSR count). The van der Waals surface area contributed by atoms with Gasteiger partial charge in [0, 0.05) is 48.5 Å². The molecular formula is C36H28Cl6O5. The highest BCUT2D eigenvalue weighted by Gasteiger charge is 2.47. The fourth-order valence-corrected chi connectivity index (χ4v) is 7.14. The maximum Gasteiger partial charge on any atom is 0.175 e. The lowest BCUT2D eigenvalue weighted by molar-refractivity contribution is -0.151. The van der Waals surface area contributed by atoms with Gasteiger partial charge in [0.2, 0.25) is 0 Å². The quantitative estimate of drug-likeness (QED) is 0.161. The summed E-state index contributed by atoms with van der Waals surface area (Å²) in [4.78, 5) is 14.1. The number of hydrogen-bond acceptors (Lipinski definition) is 5. The summed E-state index contributed by atoms with van der Waals surface area (Å²) in [6, 6.07) is 23.1. The topological polar surface area (TPSA) is 54.0 Å². The Morgan fingerprint density at radius 2 is 1.17 bits per heavy atom. The lowest BCUT2D eigenvalue weighted by atomic mass is 9.75. The minimum atomic E-state index is -0.553. The Labute approximate surface area is 303 Å². The van der Waals surface area contributed by atoms with E-state index in [2.05, 4.69) is 0 Å². The summed E-state index contributed by atoms with van der Waals surface area (Å²) >= 11 is 37.3. The highest BCUT2D eigenvalue weighted by molar-refractivity contribution is 6.36. The van der Waals surface area contributed by atoms with Crippen LogP contribution in [0.2, 0.25) is 30.1 Å². The van der Waals surface area contributed by atoms with E-state index in [0.717, 1.165) is 16.7 Å². The Bertz CT molecular complexity index is 1790. The molecule has 11 heteroatoms. The van der Waals surface area contributed by atoms with Crippen LogP contribution in [0.15, 0.2) is 85.1 Å². The van der Waals surface area contributed by atoms with Gasteiger partial charge in [-0.3, -0.25) is 4.79 Å². The molecule has 0 N–H and O–H groups in total. The highest BCUT2D eigenvalue weighted by Crippen LogP contribution is 2.40. The van der Waals surface area contributed by atoms with Crippen LogP contribution < -0.4 is 4.74 Å². The first-order valence-corrected chi connectivity index (χ1v) is 17.1. The van der Waals surface area contributed by atoms with E-state index < -0.39 is 18.1 Å². The van der Waals surface area contributed by atoms with Crippen molar-refractivity contribution < 1.29 is 23.7 Å². The van der Waals surface area contributed by atoms with Crippen molar-refractivity contribution in [3.05, 3.63) is 138 Å². The van der Waals surface area contributed by atoms with Gasteiger partial charge in [0.1, 0.15) is 18.5 Å². The molecule has 1 aliphatic carbocycles. The van der Waals surface area contributed by atoms with Gasteiger partial charge in [-0.25, -0.2) is 0 Å². The van der Waals surface area contributed by atoms with Crippen LogP contribution in [0.25, 0.3) is 5.57 Å². The van der Waals surface area contributed by atoms with Crippen molar-refractivity contribution in [2.24, 2.45) is 5.92 Å². The first-order chi connectivity index (χ1) is 22.6. The van der Waals surface area contributed by atoms with Gasteiger partial charge in [0.25, 0.3) is 0 Å². The smallest absolute Gasteiger partial charge is 0.175 e. The zero-order chi connectivity index (χ0) is 33.1. The van der Waals surface area contributed by atoms with Crippen molar-refractivity contribution >= 4 is 81.0 Å². The molecule has 1 saturated carbocycles. The standard InChI is InChI=1S/C36H28Cl6O5/c37-24-6-1-21(30(40)11-24)16-44-27-9-4-20(5-10-27)29-19-47-34-15-28(45-17-22-2-7-25(38)12-31(22)41)14-33(35(34)36(29)43)46-18-23-3-8-26(39)13-32(23)42/h1-13,19,28,33-35H,14-18H2. The van der Waals surface area contributed by atoms with E-state index in [-0.39, 0.29) is 31.7 Å². The molecule has 4 aromatic carbocycles. The number of Topliss-reactive ketones (excluding diaryl/α,β-unsaturated/α-hetero) is 1. The second-order valence-electron chi connectivity index (χ2n) is 11.4. The third-order valence-corrected chi connectivity index (χ3v) is 10.0. The van der Waals surface area contributed by atoms with Gasteiger partial charge in [-0.2, -0.15) is 0 Å². The van der Waals surface area contributed by atoms with Crippen molar-refractivity contribution in [2.75, 3.05) is 0 Å². The molecular weight excluding hydrogens is 725 g/mol.